The average molecular weight is 419 g/mol. The highest BCUT2D eigenvalue weighted by Crippen LogP contribution is 2.26. The Balaban J connectivity index is 1.91. The zero-order valence-corrected chi connectivity index (χ0v) is 16.7. The van der Waals surface area contributed by atoms with E-state index >= 15 is 0 Å². The van der Waals surface area contributed by atoms with E-state index in [-0.39, 0.29) is 23.4 Å². The quantitative estimate of drug-likeness (QED) is 0.482. The number of carbonyl (C=O) groups is 1. The van der Waals surface area contributed by atoms with Gasteiger partial charge in [0.25, 0.3) is 0 Å². The maximum atomic E-state index is 12.2. The van der Waals surface area contributed by atoms with Crippen LogP contribution < -0.4 is 11.0 Å². The first-order valence-electron chi connectivity index (χ1n) is 7.93. The van der Waals surface area contributed by atoms with Crippen molar-refractivity contribution in [2.45, 2.75) is 31.1 Å². The summed E-state index contributed by atoms with van der Waals surface area (Å²) in [7, 11) is 1.60. The summed E-state index contributed by atoms with van der Waals surface area (Å²) in [6.07, 6.45) is 0.682. The Hall–Kier alpha value is -1.48. The lowest BCUT2D eigenvalue weighted by Crippen LogP contribution is -2.28. The van der Waals surface area contributed by atoms with Crippen LogP contribution in [0.5, 0.6) is 0 Å². The number of halogens is 2. The molecule has 0 aliphatic rings. The van der Waals surface area contributed by atoms with Crippen molar-refractivity contribution in [3.63, 3.8) is 0 Å². The number of amides is 1. The number of hydrogen-bond donors (Lipinski definition) is 2. The molecule has 1 amide bonds. The lowest BCUT2D eigenvalue weighted by Gasteiger charge is -2.15. The molecule has 1 atom stereocenters. The van der Waals surface area contributed by atoms with Crippen molar-refractivity contribution in [1.29, 1.82) is 0 Å². The van der Waals surface area contributed by atoms with Gasteiger partial charge in [0, 0.05) is 30.3 Å². The van der Waals surface area contributed by atoms with Crippen molar-refractivity contribution in [2.75, 3.05) is 19.5 Å². The molecule has 0 saturated heterocycles. The molecule has 7 nitrogen and oxygen atoms in total. The van der Waals surface area contributed by atoms with E-state index in [1.165, 1.54) is 16.3 Å². The molecular formula is C16H20Cl2N4O3S. The Kier molecular flexibility index (Phi) is 8.02. The summed E-state index contributed by atoms with van der Waals surface area (Å²) >= 11 is 13.2. The second-order valence-corrected chi connectivity index (χ2v) is 7.34. The smallest absolute Gasteiger partial charge is 0.343 e. The van der Waals surface area contributed by atoms with Crippen LogP contribution in [0.2, 0.25) is 10.0 Å². The van der Waals surface area contributed by atoms with Gasteiger partial charge in [-0.3, -0.25) is 9.36 Å². The van der Waals surface area contributed by atoms with E-state index < -0.39 is 0 Å². The SMILES string of the molecule is COCCCn1c(SCC(=O)N[C@H](C)c2ccc(Cl)cc2Cl)n[nH]c1=O. The molecule has 26 heavy (non-hydrogen) atoms. The molecule has 2 rings (SSSR count). The Morgan fingerprint density at radius 1 is 1.46 bits per heavy atom. The second kappa shape index (κ2) is 10.0. The van der Waals surface area contributed by atoms with Crippen molar-refractivity contribution in [3.05, 3.63) is 44.3 Å². The lowest BCUT2D eigenvalue weighted by atomic mass is 10.1. The third kappa shape index (κ3) is 5.77. The van der Waals surface area contributed by atoms with Gasteiger partial charge in [0.15, 0.2) is 5.16 Å². The molecule has 1 aromatic heterocycles. The van der Waals surface area contributed by atoms with E-state index in [9.17, 15) is 9.59 Å². The summed E-state index contributed by atoms with van der Waals surface area (Å²) in [5, 5.41) is 10.7. The van der Waals surface area contributed by atoms with E-state index in [1.54, 1.807) is 25.3 Å². The highest BCUT2D eigenvalue weighted by Gasteiger charge is 2.15. The number of methoxy groups -OCH3 is 1. The van der Waals surface area contributed by atoms with Crippen LogP contribution in [0.3, 0.4) is 0 Å². The van der Waals surface area contributed by atoms with Gasteiger partial charge in [-0.25, -0.2) is 9.89 Å². The molecule has 0 unspecified atom stereocenters. The fourth-order valence-electron chi connectivity index (χ4n) is 2.32. The van der Waals surface area contributed by atoms with Crippen molar-refractivity contribution in [1.82, 2.24) is 20.1 Å². The van der Waals surface area contributed by atoms with Gasteiger partial charge in [-0.05, 0) is 31.0 Å². The minimum atomic E-state index is -0.301. The van der Waals surface area contributed by atoms with Crippen LogP contribution in [0.15, 0.2) is 28.2 Å². The molecule has 10 heteroatoms. The van der Waals surface area contributed by atoms with E-state index in [1.807, 2.05) is 6.92 Å². The number of nitrogens with one attached hydrogen (secondary N) is 2. The standard InChI is InChI=1S/C16H20Cl2N4O3S/c1-10(12-5-4-11(17)8-13(12)18)19-14(23)9-26-16-21-20-15(24)22(16)6-3-7-25-2/h4-5,8,10H,3,6-7,9H2,1-2H3,(H,19,23)(H,20,24)/t10-/m1/s1. The zero-order chi connectivity index (χ0) is 19.1. The number of ether oxygens (including phenoxy) is 1. The molecule has 0 aliphatic carbocycles. The van der Waals surface area contributed by atoms with Crippen molar-refractivity contribution in [2.24, 2.45) is 0 Å². The monoisotopic (exact) mass is 418 g/mol. The summed E-state index contributed by atoms with van der Waals surface area (Å²) in [6.45, 7) is 2.86. The van der Waals surface area contributed by atoms with Crippen LogP contribution in [0, 0.1) is 0 Å². The Bertz CT molecular complexity index is 809. The maximum Gasteiger partial charge on any atom is 0.343 e. The van der Waals surface area contributed by atoms with Gasteiger partial charge in [-0.2, -0.15) is 0 Å². The van der Waals surface area contributed by atoms with Crippen LogP contribution >= 0.6 is 35.0 Å². The highest BCUT2D eigenvalue weighted by molar-refractivity contribution is 7.99. The predicted molar refractivity (Wildman–Crippen MR) is 103 cm³/mol. The van der Waals surface area contributed by atoms with Crippen molar-refractivity contribution >= 4 is 40.9 Å². The molecule has 142 valence electrons. The zero-order valence-electron chi connectivity index (χ0n) is 14.4. The minimum absolute atomic E-state index is 0.129. The lowest BCUT2D eigenvalue weighted by molar-refractivity contribution is -0.119. The molecule has 1 aromatic carbocycles. The van der Waals surface area contributed by atoms with Gasteiger partial charge in [0.1, 0.15) is 0 Å². The Morgan fingerprint density at radius 2 is 2.23 bits per heavy atom. The van der Waals surface area contributed by atoms with E-state index in [0.29, 0.717) is 34.8 Å². The number of nitrogens with zero attached hydrogens (tertiary/aromatic N) is 2. The van der Waals surface area contributed by atoms with Gasteiger partial charge in [0.2, 0.25) is 5.91 Å². The Morgan fingerprint density at radius 3 is 2.92 bits per heavy atom. The Labute approximate surface area is 165 Å². The van der Waals surface area contributed by atoms with E-state index in [0.717, 1.165) is 5.56 Å². The van der Waals surface area contributed by atoms with Crippen molar-refractivity contribution in [3.8, 4) is 0 Å². The highest BCUT2D eigenvalue weighted by atomic mass is 35.5. The number of aromatic nitrogens is 3. The first-order valence-corrected chi connectivity index (χ1v) is 9.67. The molecule has 0 fully saturated rings. The van der Waals surface area contributed by atoms with Crippen LogP contribution in [0.25, 0.3) is 0 Å². The first kappa shape index (κ1) is 20.8. The molecule has 2 N–H and O–H groups in total. The number of H-pyrrole nitrogens is 1. The largest absolute Gasteiger partial charge is 0.385 e. The minimum Gasteiger partial charge on any atom is -0.385 e. The maximum absolute atomic E-state index is 12.2. The molecule has 0 saturated carbocycles. The molecule has 0 radical (unpaired) electrons. The summed E-state index contributed by atoms with van der Waals surface area (Å²) < 4.78 is 6.48. The summed E-state index contributed by atoms with van der Waals surface area (Å²) in [6, 6.07) is 4.88. The number of rotatable bonds is 9. The molecule has 0 bridgehead atoms. The molecular weight excluding hydrogens is 399 g/mol. The molecule has 0 spiro atoms. The molecule has 0 aliphatic heterocycles. The fourth-order valence-corrected chi connectivity index (χ4v) is 3.68. The summed E-state index contributed by atoms with van der Waals surface area (Å²) in [5.41, 5.74) is 0.482. The number of thioether (sulfide) groups is 1. The van der Waals surface area contributed by atoms with Crippen LogP contribution in [0.4, 0.5) is 0 Å². The van der Waals surface area contributed by atoms with Crippen LogP contribution in [-0.4, -0.2) is 40.1 Å². The summed E-state index contributed by atoms with van der Waals surface area (Å²) in [5.74, 6) is -0.0585. The van der Waals surface area contributed by atoms with Gasteiger partial charge in [0.05, 0.1) is 11.8 Å². The van der Waals surface area contributed by atoms with Gasteiger partial charge in [-0.15, -0.1) is 5.10 Å². The van der Waals surface area contributed by atoms with Gasteiger partial charge >= 0.3 is 5.69 Å². The van der Waals surface area contributed by atoms with E-state index in [2.05, 4.69) is 15.5 Å². The number of aromatic amines is 1. The fraction of sp³-hybridized carbons (Fsp3) is 0.438. The number of benzene rings is 1. The van der Waals surface area contributed by atoms with E-state index in [4.69, 9.17) is 27.9 Å². The van der Waals surface area contributed by atoms with Crippen LogP contribution in [0.1, 0.15) is 24.9 Å². The molecule has 2 aromatic rings. The average Bonchev–Trinajstić information content (AvgIpc) is 2.93. The topological polar surface area (TPSA) is 89.0 Å². The summed E-state index contributed by atoms with van der Waals surface area (Å²) in [4.78, 5) is 24.0. The van der Waals surface area contributed by atoms with Crippen molar-refractivity contribution < 1.29 is 9.53 Å². The first-order chi connectivity index (χ1) is 12.4. The number of carbonyl (C=O) groups excluding carboxylic acids is 1. The van der Waals surface area contributed by atoms with Gasteiger partial charge in [-0.1, -0.05) is 41.0 Å². The second-order valence-electron chi connectivity index (χ2n) is 5.55. The number of hydrogen-bond acceptors (Lipinski definition) is 5. The third-order valence-electron chi connectivity index (χ3n) is 3.59. The normalized spacial score (nSPS) is 12.2. The van der Waals surface area contributed by atoms with Crippen LogP contribution in [-0.2, 0) is 16.1 Å². The third-order valence-corrected chi connectivity index (χ3v) is 5.13. The predicted octanol–water partition coefficient (Wildman–Crippen LogP) is 2.88. The van der Waals surface area contributed by atoms with Gasteiger partial charge < -0.3 is 10.1 Å². The molecule has 1 heterocycles.